The van der Waals surface area contributed by atoms with E-state index >= 15 is 0 Å². The minimum atomic E-state index is -0.0849. The first-order chi connectivity index (χ1) is 11.6. The third-order valence-electron chi connectivity index (χ3n) is 4.90. The second kappa shape index (κ2) is 7.05. The average Bonchev–Trinajstić information content (AvgIpc) is 3.05. The van der Waals surface area contributed by atoms with Gasteiger partial charge in [0.2, 0.25) is 0 Å². The van der Waals surface area contributed by atoms with Crippen molar-refractivity contribution in [3.05, 3.63) is 59.7 Å². The van der Waals surface area contributed by atoms with Gasteiger partial charge in [0, 0.05) is 17.8 Å². The number of para-hydroxylation sites is 1. The van der Waals surface area contributed by atoms with E-state index in [4.69, 9.17) is 4.74 Å². The van der Waals surface area contributed by atoms with Gasteiger partial charge in [-0.05, 0) is 49.2 Å². The summed E-state index contributed by atoms with van der Waals surface area (Å²) in [7, 11) is 3.75. The van der Waals surface area contributed by atoms with Crippen molar-refractivity contribution in [3.8, 4) is 5.75 Å². The van der Waals surface area contributed by atoms with E-state index in [1.54, 1.807) is 7.11 Å². The number of likely N-dealkylation sites (N-methyl/N-ethyl adjacent to an activating group) is 1. The van der Waals surface area contributed by atoms with E-state index in [1.807, 2.05) is 42.2 Å². The number of ether oxygens (including phenoxy) is 1. The topological polar surface area (TPSA) is 34.0 Å². The van der Waals surface area contributed by atoms with Crippen LogP contribution in [0, 0.1) is 0 Å². The normalized spacial score (nSPS) is 15.7. The summed E-state index contributed by atoms with van der Waals surface area (Å²) in [5, 5.41) is 0. The Bertz CT molecular complexity index is 712. The van der Waals surface area contributed by atoms with Crippen LogP contribution in [-0.2, 0) is 17.8 Å². The van der Waals surface area contributed by atoms with Gasteiger partial charge < -0.3 is 14.5 Å². The predicted molar refractivity (Wildman–Crippen MR) is 95.5 cm³/mol. The number of benzene rings is 2. The molecule has 1 unspecified atom stereocenters. The van der Waals surface area contributed by atoms with Gasteiger partial charge in [-0.1, -0.05) is 18.2 Å². The number of methoxy groups -OCH3 is 1. The van der Waals surface area contributed by atoms with Crippen molar-refractivity contribution in [1.29, 1.82) is 0 Å². The van der Waals surface area contributed by atoms with Crippen LogP contribution in [-0.4, -0.2) is 32.7 Å². The first-order valence-corrected chi connectivity index (χ1v) is 8.44. The summed E-state index contributed by atoms with van der Waals surface area (Å²) >= 11 is 0. The number of nitrogens with one attached hydrogen (secondary N) is 1. The molecule has 4 heteroatoms. The molecule has 1 N–H and O–H groups in total. The molecule has 4 nitrogen and oxygen atoms in total. The largest absolute Gasteiger partial charge is 0.497 e. The van der Waals surface area contributed by atoms with Gasteiger partial charge in [-0.2, -0.15) is 0 Å². The molecule has 2 atom stereocenters. The second-order valence-electron chi connectivity index (χ2n) is 6.46. The third kappa shape index (κ3) is 3.29. The van der Waals surface area contributed by atoms with Crippen LogP contribution < -0.4 is 14.5 Å². The van der Waals surface area contributed by atoms with Crippen molar-refractivity contribution in [2.75, 3.05) is 25.6 Å². The predicted octanol–water partition coefficient (Wildman–Crippen LogP) is 1.69. The zero-order chi connectivity index (χ0) is 17.1. The lowest BCUT2D eigenvalue weighted by Gasteiger charge is -2.26. The zero-order valence-corrected chi connectivity index (χ0v) is 14.6. The van der Waals surface area contributed by atoms with E-state index in [0.29, 0.717) is 0 Å². The Labute approximate surface area is 143 Å². The summed E-state index contributed by atoms with van der Waals surface area (Å²) in [6.45, 7) is 3.62. The van der Waals surface area contributed by atoms with Gasteiger partial charge in [-0.15, -0.1) is 0 Å². The molecule has 0 saturated carbocycles. The van der Waals surface area contributed by atoms with Crippen molar-refractivity contribution in [2.45, 2.75) is 25.9 Å². The molecule has 0 bridgehead atoms. The molecule has 0 saturated heterocycles. The molecular formula is C20H25N2O2+. The van der Waals surface area contributed by atoms with E-state index in [1.165, 1.54) is 16.0 Å². The molecule has 3 rings (SSSR count). The number of amides is 1. The third-order valence-corrected chi connectivity index (χ3v) is 4.90. The fraction of sp³-hybridized carbons (Fsp3) is 0.350. The fourth-order valence-corrected chi connectivity index (χ4v) is 3.23. The van der Waals surface area contributed by atoms with Crippen LogP contribution in [0.5, 0.6) is 5.75 Å². The van der Waals surface area contributed by atoms with E-state index in [9.17, 15) is 4.79 Å². The van der Waals surface area contributed by atoms with Gasteiger partial charge in [0.05, 0.1) is 14.2 Å². The smallest absolute Gasteiger partial charge is 0.284 e. The van der Waals surface area contributed by atoms with Crippen LogP contribution in [0.15, 0.2) is 48.5 Å². The highest BCUT2D eigenvalue weighted by atomic mass is 16.5. The molecule has 1 aliphatic rings. The maximum absolute atomic E-state index is 12.9. The Morgan fingerprint density at radius 2 is 1.92 bits per heavy atom. The summed E-state index contributed by atoms with van der Waals surface area (Å²) in [5.41, 5.74) is 3.55. The van der Waals surface area contributed by atoms with Gasteiger partial charge in [-0.3, -0.25) is 4.79 Å². The van der Waals surface area contributed by atoms with Crippen molar-refractivity contribution < 1.29 is 14.4 Å². The number of quaternary nitrogens is 1. The Kier molecular flexibility index (Phi) is 4.86. The molecule has 1 amide bonds. The number of rotatable bonds is 5. The molecule has 2 aromatic carbocycles. The lowest BCUT2D eigenvalue weighted by Crippen LogP contribution is -3.12. The molecular weight excluding hydrogens is 300 g/mol. The SMILES string of the molecule is COc1ccc(C[NH+](C)[C@@H](C)C(=O)N2CCc3ccccc32)cc1. The average molecular weight is 325 g/mol. The number of hydrogen-bond acceptors (Lipinski definition) is 2. The summed E-state index contributed by atoms with van der Waals surface area (Å²) in [5.74, 6) is 1.06. The Hall–Kier alpha value is -2.33. The molecule has 0 aromatic heterocycles. The van der Waals surface area contributed by atoms with E-state index in [2.05, 4.69) is 25.2 Å². The molecule has 2 aromatic rings. The number of anilines is 1. The van der Waals surface area contributed by atoms with Gasteiger partial charge in [-0.25, -0.2) is 0 Å². The quantitative estimate of drug-likeness (QED) is 0.908. The van der Waals surface area contributed by atoms with Crippen LogP contribution in [0.1, 0.15) is 18.1 Å². The number of fused-ring (bicyclic) bond motifs is 1. The van der Waals surface area contributed by atoms with Crippen molar-refractivity contribution >= 4 is 11.6 Å². The standard InChI is InChI=1S/C20H24N2O2/c1-15(21(2)14-16-8-10-18(24-3)11-9-16)20(23)22-13-12-17-6-4-5-7-19(17)22/h4-11,15H,12-14H2,1-3H3/p+1/t15-/m0/s1. The van der Waals surface area contributed by atoms with Crippen molar-refractivity contribution in [3.63, 3.8) is 0 Å². The number of carbonyl (C=O) groups is 1. The van der Waals surface area contributed by atoms with E-state index < -0.39 is 0 Å². The van der Waals surface area contributed by atoms with Crippen LogP contribution in [0.2, 0.25) is 0 Å². The first-order valence-electron chi connectivity index (χ1n) is 8.44. The van der Waals surface area contributed by atoms with Gasteiger partial charge in [0.15, 0.2) is 6.04 Å². The monoisotopic (exact) mass is 325 g/mol. The number of hydrogen-bond donors (Lipinski definition) is 1. The van der Waals surface area contributed by atoms with E-state index in [-0.39, 0.29) is 11.9 Å². The van der Waals surface area contributed by atoms with Crippen LogP contribution in [0.3, 0.4) is 0 Å². The maximum Gasteiger partial charge on any atom is 0.284 e. The highest BCUT2D eigenvalue weighted by Gasteiger charge is 2.31. The van der Waals surface area contributed by atoms with Gasteiger partial charge in [0.25, 0.3) is 5.91 Å². The molecule has 0 radical (unpaired) electrons. The molecule has 0 spiro atoms. The van der Waals surface area contributed by atoms with Crippen molar-refractivity contribution in [1.82, 2.24) is 0 Å². The number of carbonyl (C=O) groups excluding carboxylic acids is 1. The molecule has 1 heterocycles. The summed E-state index contributed by atoms with van der Waals surface area (Å²) in [6, 6.07) is 16.2. The molecule has 1 aliphatic heterocycles. The minimum absolute atomic E-state index is 0.0849. The van der Waals surface area contributed by atoms with Gasteiger partial charge >= 0.3 is 0 Å². The lowest BCUT2D eigenvalue weighted by molar-refractivity contribution is -0.908. The summed E-state index contributed by atoms with van der Waals surface area (Å²) in [6.07, 6.45) is 0.951. The number of nitrogens with zero attached hydrogens (tertiary/aromatic N) is 1. The summed E-state index contributed by atoms with van der Waals surface area (Å²) < 4.78 is 5.19. The Morgan fingerprint density at radius 1 is 1.21 bits per heavy atom. The zero-order valence-electron chi connectivity index (χ0n) is 14.6. The lowest BCUT2D eigenvalue weighted by atomic mass is 10.1. The molecule has 0 aliphatic carbocycles. The highest BCUT2D eigenvalue weighted by molar-refractivity contribution is 5.97. The minimum Gasteiger partial charge on any atom is -0.497 e. The highest BCUT2D eigenvalue weighted by Crippen LogP contribution is 2.27. The summed E-state index contributed by atoms with van der Waals surface area (Å²) in [4.78, 5) is 16.1. The fourth-order valence-electron chi connectivity index (χ4n) is 3.23. The molecule has 24 heavy (non-hydrogen) atoms. The molecule has 0 fully saturated rings. The van der Waals surface area contributed by atoms with Crippen molar-refractivity contribution in [2.24, 2.45) is 0 Å². The Balaban J connectivity index is 1.67. The van der Waals surface area contributed by atoms with Crippen LogP contribution in [0.4, 0.5) is 5.69 Å². The van der Waals surface area contributed by atoms with E-state index in [0.717, 1.165) is 30.9 Å². The second-order valence-corrected chi connectivity index (χ2v) is 6.46. The Morgan fingerprint density at radius 3 is 2.62 bits per heavy atom. The van der Waals surface area contributed by atoms with Gasteiger partial charge in [0.1, 0.15) is 12.3 Å². The first kappa shape index (κ1) is 16.5. The van der Waals surface area contributed by atoms with Crippen LogP contribution >= 0.6 is 0 Å². The molecule has 126 valence electrons. The van der Waals surface area contributed by atoms with Crippen LogP contribution in [0.25, 0.3) is 0 Å². The maximum atomic E-state index is 12.9.